The highest BCUT2D eigenvalue weighted by Gasteiger charge is 2.48. The Bertz CT molecular complexity index is 1410. The lowest BCUT2D eigenvalue weighted by molar-refractivity contribution is -0.121. The molecule has 0 aromatic heterocycles. The Morgan fingerprint density at radius 1 is 0.881 bits per heavy atom. The van der Waals surface area contributed by atoms with Crippen LogP contribution < -0.4 is 24.3 Å². The summed E-state index contributed by atoms with van der Waals surface area (Å²) in [6, 6.07) is 17.5. The number of carbonyl (C=O) groups excluding carboxylic acids is 2. The largest absolute Gasteiger partial charge is 0.495 e. The number of benzene rings is 3. The highest BCUT2D eigenvalue weighted by molar-refractivity contribution is 5.98. The second-order valence-electron chi connectivity index (χ2n) is 9.92. The van der Waals surface area contributed by atoms with Crippen LogP contribution in [0.2, 0.25) is 0 Å². The van der Waals surface area contributed by atoms with Crippen LogP contribution in [0.4, 0.5) is 10.5 Å². The molecule has 42 heavy (non-hydrogen) atoms. The van der Waals surface area contributed by atoms with Crippen LogP contribution in [0.1, 0.15) is 30.5 Å². The topological polar surface area (TPSA) is 105 Å². The zero-order chi connectivity index (χ0) is 30.3. The summed E-state index contributed by atoms with van der Waals surface area (Å²) in [5.41, 5.74) is 1.86. The Morgan fingerprint density at radius 2 is 1.52 bits per heavy atom. The molecule has 0 spiro atoms. The molecular formula is C32H36N2O8. The van der Waals surface area contributed by atoms with Crippen molar-refractivity contribution in [3.63, 3.8) is 0 Å². The van der Waals surface area contributed by atoms with E-state index in [2.05, 4.69) is 5.32 Å². The number of carbonyl (C=O) groups is 2. The SMILES string of the molecule is COc1ccc(/C=C\c2cc(OC)c(OC)c(OC)c2)cc1NC(=O)C1COC(C)(C)N1C(=O)OCc1ccccc1. The van der Waals surface area contributed by atoms with E-state index in [0.29, 0.717) is 28.7 Å². The van der Waals surface area contributed by atoms with Gasteiger partial charge in [-0.2, -0.15) is 0 Å². The van der Waals surface area contributed by atoms with Crippen molar-refractivity contribution in [2.75, 3.05) is 40.4 Å². The van der Waals surface area contributed by atoms with E-state index in [1.165, 1.54) is 12.0 Å². The third kappa shape index (κ3) is 6.77. The summed E-state index contributed by atoms with van der Waals surface area (Å²) in [6.07, 6.45) is 3.12. The molecular weight excluding hydrogens is 540 g/mol. The molecule has 3 aromatic rings. The molecule has 0 bridgehead atoms. The van der Waals surface area contributed by atoms with Crippen molar-refractivity contribution in [3.8, 4) is 23.0 Å². The van der Waals surface area contributed by atoms with Gasteiger partial charge in [-0.05, 0) is 54.8 Å². The zero-order valence-corrected chi connectivity index (χ0v) is 24.6. The monoisotopic (exact) mass is 576 g/mol. The van der Waals surface area contributed by atoms with Crippen LogP contribution in [0.15, 0.2) is 60.7 Å². The number of methoxy groups -OCH3 is 4. The summed E-state index contributed by atoms with van der Waals surface area (Å²) in [5.74, 6) is 1.61. The molecule has 1 unspecified atom stereocenters. The molecule has 2 amide bonds. The van der Waals surface area contributed by atoms with Crippen LogP contribution in [0.5, 0.6) is 23.0 Å². The van der Waals surface area contributed by atoms with Crippen molar-refractivity contribution >= 4 is 29.8 Å². The van der Waals surface area contributed by atoms with E-state index < -0.39 is 23.8 Å². The first-order valence-corrected chi connectivity index (χ1v) is 13.3. The van der Waals surface area contributed by atoms with Gasteiger partial charge in [0, 0.05) is 0 Å². The average Bonchev–Trinajstić information content (AvgIpc) is 3.33. The molecule has 1 saturated heterocycles. The van der Waals surface area contributed by atoms with E-state index in [-0.39, 0.29) is 13.2 Å². The van der Waals surface area contributed by atoms with E-state index in [1.54, 1.807) is 47.3 Å². The number of hydrogen-bond donors (Lipinski definition) is 1. The van der Waals surface area contributed by atoms with Crippen molar-refractivity contribution in [1.29, 1.82) is 0 Å². The second kappa shape index (κ2) is 13.3. The lowest BCUT2D eigenvalue weighted by atomic mass is 10.1. The van der Waals surface area contributed by atoms with Gasteiger partial charge in [0.05, 0.1) is 40.7 Å². The Morgan fingerprint density at radius 3 is 2.14 bits per heavy atom. The molecule has 10 heteroatoms. The minimum absolute atomic E-state index is 0.0162. The fraction of sp³-hybridized carbons (Fsp3) is 0.312. The first kappa shape index (κ1) is 30.3. The number of hydrogen-bond acceptors (Lipinski definition) is 8. The van der Waals surface area contributed by atoms with Crippen LogP contribution in [-0.4, -0.2) is 63.7 Å². The molecule has 4 rings (SSSR count). The fourth-order valence-corrected chi connectivity index (χ4v) is 4.66. The van der Waals surface area contributed by atoms with E-state index in [1.807, 2.05) is 60.7 Å². The van der Waals surface area contributed by atoms with Crippen LogP contribution in [-0.2, 0) is 20.9 Å². The van der Waals surface area contributed by atoms with Gasteiger partial charge >= 0.3 is 6.09 Å². The molecule has 1 atom stereocenters. The number of anilines is 1. The molecule has 1 fully saturated rings. The Labute approximate surface area is 245 Å². The summed E-state index contributed by atoms with van der Waals surface area (Å²) in [5, 5.41) is 2.91. The maximum atomic E-state index is 13.5. The number of amides is 2. The predicted molar refractivity (Wildman–Crippen MR) is 159 cm³/mol. The predicted octanol–water partition coefficient (Wildman–Crippen LogP) is 5.60. The number of nitrogens with zero attached hydrogens (tertiary/aromatic N) is 1. The lowest BCUT2D eigenvalue weighted by Crippen LogP contribution is -2.52. The van der Waals surface area contributed by atoms with Crippen molar-refractivity contribution in [3.05, 3.63) is 77.4 Å². The van der Waals surface area contributed by atoms with Gasteiger partial charge in [0.25, 0.3) is 0 Å². The first-order valence-electron chi connectivity index (χ1n) is 13.3. The third-order valence-electron chi connectivity index (χ3n) is 6.83. The lowest BCUT2D eigenvalue weighted by Gasteiger charge is -2.32. The Hall–Kier alpha value is -4.70. The first-order chi connectivity index (χ1) is 20.2. The molecule has 10 nitrogen and oxygen atoms in total. The van der Waals surface area contributed by atoms with Gasteiger partial charge in [0.15, 0.2) is 11.5 Å². The van der Waals surface area contributed by atoms with Gasteiger partial charge in [-0.25, -0.2) is 4.79 Å². The zero-order valence-electron chi connectivity index (χ0n) is 24.6. The quantitative estimate of drug-likeness (QED) is 0.311. The van der Waals surface area contributed by atoms with Gasteiger partial charge in [-0.1, -0.05) is 48.6 Å². The van der Waals surface area contributed by atoms with Gasteiger partial charge in [-0.3, -0.25) is 9.69 Å². The minimum atomic E-state index is -1.04. The summed E-state index contributed by atoms with van der Waals surface area (Å²) in [7, 11) is 6.19. The molecule has 3 aromatic carbocycles. The molecule has 1 N–H and O–H groups in total. The highest BCUT2D eigenvalue weighted by Crippen LogP contribution is 2.39. The molecule has 0 saturated carbocycles. The van der Waals surface area contributed by atoms with E-state index in [9.17, 15) is 9.59 Å². The van der Waals surface area contributed by atoms with Gasteiger partial charge in [0.2, 0.25) is 11.7 Å². The van der Waals surface area contributed by atoms with E-state index in [4.69, 9.17) is 28.4 Å². The van der Waals surface area contributed by atoms with Crippen LogP contribution >= 0.6 is 0 Å². The molecule has 0 radical (unpaired) electrons. The highest BCUT2D eigenvalue weighted by atomic mass is 16.6. The average molecular weight is 577 g/mol. The maximum absolute atomic E-state index is 13.5. The Kier molecular flexibility index (Phi) is 9.59. The van der Waals surface area contributed by atoms with Gasteiger partial charge in [0.1, 0.15) is 24.1 Å². The van der Waals surface area contributed by atoms with E-state index in [0.717, 1.165) is 16.7 Å². The fourth-order valence-electron chi connectivity index (χ4n) is 4.66. The number of nitrogens with one attached hydrogen (secondary N) is 1. The summed E-state index contributed by atoms with van der Waals surface area (Å²) < 4.78 is 33.1. The normalized spacial score (nSPS) is 15.8. The molecule has 0 aliphatic carbocycles. The van der Waals surface area contributed by atoms with Crippen molar-refractivity contribution in [2.45, 2.75) is 32.2 Å². The van der Waals surface area contributed by atoms with Crippen molar-refractivity contribution in [2.24, 2.45) is 0 Å². The van der Waals surface area contributed by atoms with Crippen molar-refractivity contribution < 1.29 is 38.0 Å². The second-order valence-corrected chi connectivity index (χ2v) is 9.92. The summed E-state index contributed by atoms with van der Waals surface area (Å²) in [6.45, 7) is 3.54. The third-order valence-corrected chi connectivity index (χ3v) is 6.83. The van der Waals surface area contributed by atoms with Crippen LogP contribution in [0.3, 0.4) is 0 Å². The van der Waals surface area contributed by atoms with Crippen LogP contribution in [0, 0.1) is 0 Å². The molecule has 222 valence electrons. The number of ether oxygens (including phenoxy) is 6. The Balaban J connectivity index is 1.52. The smallest absolute Gasteiger partial charge is 0.413 e. The summed E-state index contributed by atoms with van der Waals surface area (Å²) in [4.78, 5) is 27.9. The maximum Gasteiger partial charge on any atom is 0.413 e. The minimum Gasteiger partial charge on any atom is -0.495 e. The summed E-state index contributed by atoms with van der Waals surface area (Å²) >= 11 is 0. The number of rotatable bonds is 10. The van der Waals surface area contributed by atoms with Gasteiger partial charge in [-0.15, -0.1) is 0 Å². The molecule has 1 aliphatic heterocycles. The van der Waals surface area contributed by atoms with E-state index >= 15 is 0 Å². The van der Waals surface area contributed by atoms with Crippen molar-refractivity contribution in [1.82, 2.24) is 4.90 Å². The molecule has 1 heterocycles. The van der Waals surface area contributed by atoms with Crippen LogP contribution in [0.25, 0.3) is 12.2 Å². The standard InChI is InChI=1S/C32H36N2O8/c1-32(2)34(31(36)41-19-22-10-8-7-9-11-22)25(20-42-32)30(35)33-24-16-21(14-15-26(24)37-3)12-13-23-17-27(38-4)29(40-6)28(18-23)39-5/h7-18,25H,19-20H2,1-6H3,(H,33,35)/b13-12-. The molecule has 1 aliphatic rings. The van der Waals surface area contributed by atoms with Gasteiger partial charge < -0.3 is 33.7 Å².